The van der Waals surface area contributed by atoms with Crippen LogP contribution in [-0.4, -0.2) is 66.0 Å². The number of nitrogens with one attached hydrogen (secondary N) is 2. The van der Waals surface area contributed by atoms with Crippen LogP contribution in [0, 0.1) is 0 Å². The lowest BCUT2D eigenvalue weighted by Crippen LogP contribution is -2.58. The average Bonchev–Trinajstić information content (AvgIpc) is 2.73. The predicted octanol–water partition coefficient (Wildman–Crippen LogP) is 1.17. The van der Waals surface area contributed by atoms with Crippen LogP contribution in [0.1, 0.15) is 58.1 Å². The van der Waals surface area contributed by atoms with Gasteiger partial charge in [0.2, 0.25) is 17.7 Å². The summed E-state index contributed by atoms with van der Waals surface area (Å²) in [5, 5.41) is 4.94. The normalized spacial score (nSPS) is 15.1. The van der Waals surface area contributed by atoms with Gasteiger partial charge in [-0.25, -0.2) is 4.79 Å². The second-order valence-electron chi connectivity index (χ2n) is 9.31. The van der Waals surface area contributed by atoms with E-state index in [0.717, 1.165) is 6.42 Å². The van der Waals surface area contributed by atoms with Crippen LogP contribution in [0.25, 0.3) is 0 Å². The Morgan fingerprint density at radius 3 is 2.23 bits per heavy atom. The first-order valence-corrected chi connectivity index (χ1v) is 11.4. The molecule has 0 bridgehead atoms. The molecule has 2 rings (SSSR count). The summed E-state index contributed by atoms with van der Waals surface area (Å²) in [6.45, 7) is 4.60. The van der Waals surface area contributed by atoms with Gasteiger partial charge in [0.25, 0.3) is 0 Å². The van der Waals surface area contributed by atoms with Crippen LogP contribution < -0.4 is 16.4 Å². The second-order valence-corrected chi connectivity index (χ2v) is 9.31. The number of rotatable bonds is 10. The lowest BCUT2D eigenvalue weighted by molar-refractivity contribution is -0.149. The standard InChI is InChI=1S/C24H34N4O7/c1-24(2,3)35-23(33)27-17(13-18(25)29)22(32)28(16-11-8-12-16)20(15-9-6-5-7-10-15)21(31)26-14-19(30)34-4/h5-7,9-10,16-17,20H,8,11-14H2,1-4H3,(H2,25,29)(H,26,31)(H,27,33). The molecule has 1 aliphatic carbocycles. The topological polar surface area (TPSA) is 157 Å². The van der Waals surface area contributed by atoms with Crippen molar-refractivity contribution in [3.05, 3.63) is 35.9 Å². The van der Waals surface area contributed by atoms with Crippen molar-refractivity contribution in [1.82, 2.24) is 15.5 Å². The fourth-order valence-electron chi connectivity index (χ4n) is 3.62. The summed E-state index contributed by atoms with van der Waals surface area (Å²) in [6.07, 6.45) is 0.744. The molecule has 1 aliphatic rings. The van der Waals surface area contributed by atoms with E-state index < -0.39 is 53.9 Å². The van der Waals surface area contributed by atoms with Crippen LogP contribution in [0.2, 0.25) is 0 Å². The molecule has 35 heavy (non-hydrogen) atoms. The van der Waals surface area contributed by atoms with Gasteiger partial charge in [-0.2, -0.15) is 0 Å². The van der Waals surface area contributed by atoms with Crippen LogP contribution in [0.3, 0.4) is 0 Å². The monoisotopic (exact) mass is 490 g/mol. The Balaban J connectivity index is 2.43. The molecule has 1 fully saturated rings. The largest absolute Gasteiger partial charge is 0.468 e. The maximum atomic E-state index is 13.8. The highest BCUT2D eigenvalue weighted by molar-refractivity contribution is 5.95. The molecule has 11 nitrogen and oxygen atoms in total. The van der Waals surface area contributed by atoms with E-state index in [1.165, 1.54) is 12.0 Å². The van der Waals surface area contributed by atoms with Gasteiger partial charge in [-0.15, -0.1) is 0 Å². The number of hydrogen-bond donors (Lipinski definition) is 3. The van der Waals surface area contributed by atoms with Gasteiger partial charge in [-0.3, -0.25) is 19.2 Å². The minimum atomic E-state index is -1.34. The molecule has 0 saturated heterocycles. The van der Waals surface area contributed by atoms with E-state index in [-0.39, 0.29) is 12.6 Å². The summed E-state index contributed by atoms with van der Waals surface area (Å²) >= 11 is 0. The van der Waals surface area contributed by atoms with E-state index in [9.17, 15) is 24.0 Å². The SMILES string of the molecule is COC(=O)CNC(=O)C(c1ccccc1)N(C(=O)C(CC(N)=O)NC(=O)OC(C)(C)C)C1CCC1. The molecule has 1 aromatic rings. The number of nitrogens with two attached hydrogens (primary N) is 1. The number of nitrogens with zero attached hydrogens (tertiary/aromatic N) is 1. The molecule has 0 spiro atoms. The molecule has 0 heterocycles. The number of alkyl carbamates (subject to hydrolysis) is 1. The Hall–Kier alpha value is -3.63. The molecular weight excluding hydrogens is 456 g/mol. The van der Waals surface area contributed by atoms with Crippen molar-refractivity contribution in [3.63, 3.8) is 0 Å². The number of primary amides is 1. The number of methoxy groups -OCH3 is 1. The molecular formula is C24H34N4O7. The first-order chi connectivity index (χ1) is 16.4. The first-order valence-electron chi connectivity index (χ1n) is 11.4. The third-order valence-electron chi connectivity index (χ3n) is 5.39. The Kier molecular flexibility index (Phi) is 9.61. The zero-order valence-corrected chi connectivity index (χ0v) is 20.5. The number of esters is 1. The molecule has 4 N–H and O–H groups in total. The smallest absolute Gasteiger partial charge is 0.408 e. The number of benzene rings is 1. The van der Waals surface area contributed by atoms with Crippen molar-refractivity contribution in [2.24, 2.45) is 5.73 Å². The fraction of sp³-hybridized carbons (Fsp3) is 0.542. The Labute approximate surface area is 204 Å². The quantitative estimate of drug-likeness (QED) is 0.415. The van der Waals surface area contributed by atoms with Crippen LogP contribution in [0.4, 0.5) is 4.79 Å². The van der Waals surface area contributed by atoms with Crippen molar-refractivity contribution in [3.8, 4) is 0 Å². The molecule has 11 heteroatoms. The molecule has 192 valence electrons. The van der Waals surface area contributed by atoms with Crippen molar-refractivity contribution in [1.29, 1.82) is 0 Å². The molecule has 2 unspecified atom stereocenters. The van der Waals surface area contributed by atoms with E-state index in [4.69, 9.17) is 10.5 Å². The van der Waals surface area contributed by atoms with Gasteiger partial charge in [0.1, 0.15) is 24.2 Å². The van der Waals surface area contributed by atoms with Crippen LogP contribution in [0.15, 0.2) is 30.3 Å². The maximum Gasteiger partial charge on any atom is 0.408 e. The summed E-state index contributed by atoms with van der Waals surface area (Å²) in [4.78, 5) is 64.3. The number of carbonyl (C=O) groups is 5. The number of carbonyl (C=O) groups excluding carboxylic acids is 5. The van der Waals surface area contributed by atoms with Crippen molar-refractivity contribution < 1.29 is 33.4 Å². The number of ether oxygens (including phenoxy) is 2. The average molecular weight is 491 g/mol. The third kappa shape index (κ3) is 8.27. The fourth-order valence-corrected chi connectivity index (χ4v) is 3.62. The number of amides is 4. The minimum Gasteiger partial charge on any atom is -0.468 e. The van der Waals surface area contributed by atoms with E-state index >= 15 is 0 Å². The van der Waals surface area contributed by atoms with Gasteiger partial charge in [0, 0.05) is 6.04 Å². The lowest BCUT2D eigenvalue weighted by atomic mass is 9.88. The molecule has 1 aromatic carbocycles. The summed E-state index contributed by atoms with van der Waals surface area (Å²) in [5.41, 5.74) is 5.04. The second kappa shape index (κ2) is 12.2. The lowest BCUT2D eigenvalue weighted by Gasteiger charge is -2.43. The maximum absolute atomic E-state index is 13.8. The van der Waals surface area contributed by atoms with Crippen molar-refractivity contribution >= 4 is 29.8 Å². The predicted molar refractivity (Wildman–Crippen MR) is 126 cm³/mol. The minimum absolute atomic E-state index is 0.313. The summed E-state index contributed by atoms with van der Waals surface area (Å²) in [6, 6.07) is 5.81. The highest BCUT2D eigenvalue weighted by atomic mass is 16.6. The van der Waals surface area contributed by atoms with Crippen LogP contribution >= 0.6 is 0 Å². The Morgan fingerprint density at radius 1 is 1.11 bits per heavy atom. The van der Waals surface area contributed by atoms with Crippen LogP contribution in [0.5, 0.6) is 0 Å². The molecule has 0 radical (unpaired) electrons. The third-order valence-corrected chi connectivity index (χ3v) is 5.39. The van der Waals surface area contributed by atoms with E-state index in [1.807, 2.05) is 0 Å². The van der Waals surface area contributed by atoms with Gasteiger partial charge in [0.15, 0.2) is 0 Å². The van der Waals surface area contributed by atoms with Gasteiger partial charge in [-0.05, 0) is 45.6 Å². The van der Waals surface area contributed by atoms with Crippen LogP contribution in [-0.2, 0) is 28.7 Å². The van der Waals surface area contributed by atoms with E-state index in [0.29, 0.717) is 18.4 Å². The molecule has 4 amide bonds. The zero-order valence-electron chi connectivity index (χ0n) is 20.5. The summed E-state index contributed by atoms with van der Waals surface area (Å²) < 4.78 is 9.84. The first kappa shape index (κ1) is 27.6. The summed E-state index contributed by atoms with van der Waals surface area (Å²) in [5.74, 6) is -2.71. The highest BCUT2D eigenvalue weighted by Gasteiger charge is 2.42. The Morgan fingerprint density at radius 2 is 1.74 bits per heavy atom. The Bertz CT molecular complexity index is 926. The molecule has 0 aromatic heterocycles. The van der Waals surface area contributed by atoms with E-state index in [1.54, 1.807) is 51.1 Å². The van der Waals surface area contributed by atoms with Crippen molar-refractivity contribution in [2.45, 2.75) is 70.2 Å². The molecule has 1 saturated carbocycles. The highest BCUT2D eigenvalue weighted by Crippen LogP contribution is 2.33. The van der Waals surface area contributed by atoms with E-state index in [2.05, 4.69) is 15.4 Å². The zero-order chi connectivity index (χ0) is 26.2. The van der Waals surface area contributed by atoms with Gasteiger partial charge in [0.05, 0.1) is 13.5 Å². The van der Waals surface area contributed by atoms with Gasteiger partial charge >= 0.3 is 12.1 Å². The molecule has 2 atom stereocenters. The van der Waals surface area contributed by atoms with Crippen molar-refractivity contribution in [2.75, 3.05) is 13.7 Å². The number of hydrogen-bond acceptors (Lipinski definition) is 7. The molecule has 0 aliphatic heterocycles. The van der Waals surface area contributed by atoms with Gasteiger partial charge < -0.3 is 30.7 Å². The summed E-state index contributed by atoms with van der Waals surface area (Å²) in [7, 11) is 1.20. The van der Waals surface area contributed by atoms with Gasteiger partial charge in [-0.1, -0.05) is 30.3 Å².